The van der Waals surface area contributed by atoms with Crippen molar-refractivity contribution in [1.29, 1.82) is 0 Å². The van der Waals surface area contributed by atoms with Crippen molar-refractivity contribution in [3.8, 4) is 5.13 Å². The zero-order chi connectivity index (χ0) is 18.6. The smallest absolute Gasteiger partial charge is 0.230 e. The van der Waals surface area contributed by atoms with Crippen molar-refractivity contribution < 1.29 is 9.53 Å². The standard InChI is InChI=1S/C20H20N4O2S/c1-26-12-11-23-10-7-16-17(5-4-6-18(16)23)22-19(25)13-15-14-27-20(21-15)24-8-2-3-9-24/h2-10,14H,11-13H2,1H3,(H,22,25). The van der Waals surface area contributed by atoms with Gasteiger partial charge in [-0.2, -0.15) is 0 Å². The molecule has 0 bridgehead atoms. The van der Waals surface area contributed by atoms with Crippen molar-refractivity contribution in [2.24, 2.45) is 0 Å². The first kappa shape index (κ1) is 17.5. The first-order chi connectivity index (χ1) is 13.2. The van der Waals surface area contributed by atoms with Gasteiger partial charge >= 0.3 is 0 Å². The van der Waals surface area contributed by atoms with Crippen LogP contribution in [0.25, 0.3) is 16.0 Å². The highest BCUT2D eigenvalue weighted by atomic mass is 32.1. The number of ether oxygens (including phenoxy) is 1. The van der Waals surface area contributed by atoms with E-state index >= 15 is 0 Å². The van der Waals surface area contributed by atoms with Crippen molar-refractivity contribution in [1.82, 2.24) is 14.1 Å². The molecular formula is C20H20N4O2S. The van der Waals surface area contributed by atoms with Crippen LogP contribution in [0.3, 0.4) is 0 Å². The fourth-order valence-corrected chi connectivity index (χ4v) is 3.82. The van der Waals surface area contributed by atoms with E-state index < -0.39 is 0 Å². The van der Waals surface area contributed by atoms with Gasteiger partial charge in [0.1, 0.15) is 0 Å². The number of nitrogens with zero attached hydrogens (tertiary/aromatic N) is 3. The fraction of sp³-hybridized carbons (Fsp3) is 0.200. The lowest BCUT2D eigenvalue weighted by Gasteiger charge is -2.08. The third-order valence-electron chi connectivity index (χ3n) is 4.33. The number of amides is 1. The van der Waals surface area contributed by atoms with E-state index in [0.29, 0.717) is 6.61 Å². The Bertz CT molecular complexity index is 1050. The molecule has 1 amide bonds. The van der Waals surface area contributed by atoms with Crippen LogP contribution in [0.2, 0.25) is 0 Å². The van der Waals surface area contributed by atoms with Gasteiger partial charge in [0.2, 0.25) is 5.91 Å². The number of rotatable bonds is 7. The van der Waals surface area contributed by atoms with Gasteiger partial charge in [0.15, 0.2) is 5.13 Å². The first-order valence-electron chi connectivity index (χ1n) is 8.69. The van der Waals surface area contributed by atoms with E-state index in [-0.39, 0.29) is 12.3 Å². The van der Waals surface area contributed by atoms with Crippen molar-refractivity contribution >= 4 is 33.8 Å². The second-order valence-corrected chi connectivity index (χ2v) is 7.01. The molecule has 138 valence electrons. The first-order valence-corrected chi connectivity index (χ1v) is 9.57. The maximum absolute atomic E-state index is 12.5. The third-order valence-corrected chi connectivity index (χ3v) is 5.23. The summed E-state index contributed by atoms with van der Waals surface area (Å²) in [5, 5.41) is 6.83. The average Bonchev–Trinajstić information content (AvgIpc) is 3.41. The lowest BCUT2D eigenvalue weighted by molar-refractivity contribution is -0.115. The summed E-state index contributed by atoms with van der Waals surface area (Å²) in [7, 11) is 1.69. The van der Waals surface area contributed by atoms with Gasteiger partial charge in [-0.05, 0) is 30.3 Å². The lowest BCUT2D eigenvalue weighted by atomic mass is 10.2. The number of hydrogen-bond acceptors (Lipinski definition) is 4. The van der Waals surface area contributed by atoms with Gasteiger partial charge in [0.05, 0.1) is 29.9 Å². The molecule has 0 aliphatic carbocycles. The Labute approximate surface area is 161 Å². The summed E-state index contributed by atoms with van der Waals surface area (Å²) in [6.45, 7) is 1.42. The Morgan fingerprint density at radius 3 is 2.85 bits per heavy atom. The minimum absolute atomic E-state index is 0.0727. The molecular weight excluding hydrogens is 360 g/mol. The molecule has 0 aliphatic rings. The number of nitrogens with one attached hydrogen (secondary N) is 1. The Morgan fingerprint density at radius 2 is 2.04 bits per heavy atom. The Balaban J connectivity index is 1.47. The van der Waals surface area contributed by atoms with Crippen molar-refractivity contribution in [3.63, 3.8) is 0 Å². The van der Waals surface area contributed by atoms with Gasteiger partial charge in [-0.1, -0.05) is 6.07 Å². The molecule has 1 aromatic carbocycles. The summed E-state index contributed by atoms with van der Waals surface area (Å²) in [6.07, 6.45) is 6.15. The maximum atomic E-state index is 12.5. The molecule has 3 heterocycles. The number of methoxy groups -OCH3 is 1. The molecule has 0 atom stereocenters. The highest BCUT2D eigenvalue weighted by Gasteiger charge is 2.11. The largest absolute Gasteiger partial charge is 0.383 e. The quantitative estimate of drug-likeness (QED) is 0.532. The second-order valence-electron chi connectivity index (χ2n) is 6.18. The van der Waals surface area contributed by atoms with Crippen LogP contribution < -0.4 is 5.32 Å². The number of thiazole rings is 1. The summed E-state index contributed by atoms with van der Waals surface area (Å²) >= 11 is 1.53. The maximum Gasteiger partial charge on any atom is 0.230 e. The average molecular weight is 380 g/mol. The van der Waals surface area contributed by atoms with Gasteiger partial charge in [-0.15, -0.1) is 11.3 Å². The number of hydrogen-bond donors (Lipinski definition) is 1. The predicted molar refractivity (Wildman–Crippen MR) is 108 cm³/mol. The summed E-state index contributed by atoms with van der Waals surface area (Å²) < 4.78 is 9.22. The van der Waals surface area contributed by atoms with E-state index in [0.717, 1.165) is 34.0 Å². The summed E-state index contributed by atoms with van der Waals surface area (Å²) in [5.41, 5.74) is 2.66. The molecule has 0 aliphatic heterocycles. The zero-order valence-electron chi connectivity index (χ0n) is 15.0. The van der Waals surface area contributed by atoms with Gasteiger partial charge in [0.25, 0.3) is 0 Å². The number of anilines is 1. The molecule has 0 saturated carbocycles. The van der Waals surface area contributed by atoms with Crippen LogP contribution >= 0.6 is 11.3 Å². The molecule has 7 heteroatoms. The van der Waals surface area contributed by atoms with Crippen molar-refractivity contribution in [3.05, 3.63) is 66.1 Å². The van der Waals surface area contributed by atoms with Gasteiger partial charge in [0, 0.05) is 43.0 Å². The number of benzene rings is 1. The number of carbonyl (C=O) groups excluding carboxylic acids is 1. The highest BCUT2D eigenvalue weighted by molar-refractivity contribution is 7.12. The number of aromatic nitrogens is 3. The topological polar surface area (TPSA) is 61.1 Å². The molecule has 0 spiro atoms. The van der Waals surface area contributed by atoms with E-state index in [9.17, 15) is 4.79 Å². The number of fused-ring (bicyclic) bond motifs is 1. The molecule has 4 rings (SSSR count). The van der Waals surface area contributed by atoms with E-state index in [2.05, 4.69) is 14.9 Å². The molecule has 3 aromatic heterocycles. The Kier molecular flexibility index (Phi) is 5.04. The highest BCUT2D eigenvalue weighted by Crippen LogP contribution is 2.25. The van der Waals surface area contributed by atoms with Crippen molar-refractivity contribution in [2.75, 3.05) is 19.0 Å². The van der Waals surface area contributed by atoms with Crippen LogP contribution in [-0.2, 0) is 22.5 Å². The summed E-state index contributed by atoms with van der Waals surface area (Å²) in [5.74, 6) is -0.0727. The number of carbonyl (C=O) groups is 1. The zero-order valence-corrected chi connectivity index (χ0v) is 15.8. The molecule has 1 N–H and O–H groups in total. The third kappa shape index (κ3) is 3.79. The van der Waals surface area contributed by atoms with Gasteiger partial charge in [-0.3, -0.25) is 4.79 Å². The van der Waals surface area contributed by atoms with Gasteiger partial charge < -0.3 is 19.2 Å². The minimum Gasteiger partial charge on any atom is -0.383 e. The SMILES string of the molecule is COCCn1ccc2c(NC(=O)Cc3csc(-n4cccc4)n3)cccc21. The van der Waals surface area contributed by atoms with Crippen LogP contribution in [0.5, 0.6) is 0 Å². The molecule has 27 heavy (non-hydrogen) atoms. The monoisotopic (exact) mass is 380 g/mol. The van der Waals surface area contributed by atoms with Crippen LogP contribution in [0.4, 0.5) is 5.69 Å². The summed E-state index contributed by atoms with van der Waals surface area (Å²) in [6, 6.07) is 11.8. The van der Waals surface area contributed by atoms with Crippen LogP contribution in [0, 0.1) is 0 Å². The second kappa shape index (κ2) is 7.77. The van der Waals surface area contributed by atoms with Gasteiger partial charge in [-0.25, -0.2) is 4.98 Å². The molecule has 4 aromatic rings. The van der Waals surface area contributed by atoms with Crippen LogP contribution in [0.15, 0.2) is 60.4 Å². The molecule has 0 radical (unpaired) electrons. The minimum atomic E-state index is -0.0727. The molecule has 0 saturated heterocycles. The molecule has 0 fully saturated rings. The van der Waals surface area contributed by atoms with E-state index in [1.165, 1.54) is 11.3 Å². The molecule has 6 nitrogen and oxygen atoms in total. The summed E-state index contributed by atoms with van der Waals surface area (Å²) in [4.78, 5) is 17.1. The normalized spacial score (nSPS) is 11.1. The van der Waals surface area contributed by atoms with E-state index in [1.54, 1.807) is 7.11 Å². The van der Waals surface area contributed by atoms with Crippen molar-refractivity contribution in [2.45, 2.75) is 13.0 Å². The fourth-order valence-electron chi connectivity index (χ4n) is 3.03. The Hall–Kier alpha value is -2.90. The van der Waals surface area contributed by atoms with E-state index in [1.807, 2.05) is 64.9 Å². The van der Waals surface area contributed by atoms with E-state index in [4.69, 9.17) is 4.74 Å². The molecule has 0 unspecified atom stereocenters. The van der Waals surface area contributed by atoms with Crippen LogP contribution in [0.1, 0.15) is 5.69 Å². The Morgan fingerprint density at radius 1 is 1.19 bits per heavy atom. The van der Waals surface area contributed by atoms with Crippen LogP contribution in [-0.4, -0.2) is 33.7 Å². The lowest BCUT2D eigenvalue weighted by Crippen LogP contribution is -2.15. The predicted octanol–water partition coefficient (Wildman–Crippen LogP) is 3.72.